The van der Waals surface area contributed by atoms with Crippen molar-refractivity contribution in [1.82, 2.24) is 0 Å². The van der Waals surface area contributed by atoms with E-state index in [1.165, 1.54) is 0 Å². The molecule has 0 spiro atoms. The molecular weight excluding hydrogens is 228 g/mol. The molecule has 100 valence electrons. The van der Waals surface area contributed by atoms with Crippen LogP contribution in [0.4, 0.5) is 5.69 Å². The molecule has 0 aliphatic rings. The smallest absolute Gasteiger partial charge is 0.272 e. The molecule has 2 N–H and O–H groups in total. The molecule has 1 aromatic rings. The van der Waals surface area contributed by atoms with E-state index >= 15 is 0 Å². The van der Waals surface area contributed by atoms with Crippen molar-refractivity contribution in [1.29, 1.82) is 0 Å². The number of nitrogens with two attached hydrogens (primary N) is 1. The fraction of sp³-hybridized carbons (Fsp3) is 0.571. The molecule has 4 nitrogen and oxygen atoms in total. The van der Waals surface area contributed by atoms with Crippen LogP contribution < -0.4 is 5.73 Å². The van der Waals surface area contributed by atoms with Crippen molar-refractivity contribution in [2.24, 2.45) is 11.7 Å². The zero-order valence-corrected chi connectivity index (χ0v) is 11.6. The molecule has 0 aliphatic heterocycles. The SMILES string of the molecule is CCC(CC)C(N)c1cc(C)c(C)c([N+](=O)[O-])c1. The highest BCUT2D eigenvalue weighted by Crippen LogP contribution is 2.30. The molecule has 1 atom stereocenters. The fourth-order valence-corrected chi connectivity index (χ4v) is 2.32. The second-order valence-electron chi connectivity index (χ2n) is 4.84. The number of nitro groups is 1. The first-order valence-corrected chi connectivity index (χ1v) is 6.43. The van der Waals surface area contributed by atoms with Gasteiger partial charge in [-0.3, -0.25) is 10.1 Å². The maximum atomic E-state index is 11.0. The van der Waals surface area contributed by atoms with Crippen molar-refractivity contribution in [3.05, 3.63) is 38.9 Å². The zero-order valence-electron chi connectivity index (χ0n) is 11.6. The van der Waals surface area contributed by atoms with Crippen molar-refractivity contribution in [3.63, 3.8) is 0 Å². The lowest BCUT2D eigenvalue weighted by atomic mass is 9.88. The van der Waals surface area contributed by atoms with Crippen molar-refractivity contribution >= 4 is 5.69 Å². The highest BCUT2D eigenvalue weighted by atomic mass is 16.6. The van der Waals surface area contributed by atoms with E-state index in [-0.39, 0.29) is 16.7 Å². The zero-order chi connectivity index (χ0) is 13.9. The second-order valence-corrected chi connectivity index (χ2v) is 4.84. The molecule has 1 rings (SSSR count). The van der Waals surface area contributed by atoms with Crippen LogP contribution >= 0.6 is 0 Å². The quantitative estimate of drug-likeness (QED) is 0.640. The minimum Gasteiger partial charge on any atom is -0.324 e. The number of aryl methyl sites for hydroxylation is 1. The third-order valence-corrected chi connectivity index (χ3v) is 3.80. The monoisotopic (exact) mass is 250 g/mol. The van der Waals surface area contributed by atoms with Crippen LogP contribution in [-0.2, 0) is 0 Å². The highest BCUT2D eigenvalue weighted by molar-refractivity contribution is 5.48. The summed E-state index contributed by atoms with van der Waals surface area (Å²) >= 11 is 0. The van der Waals surface area contributed by atoms with E-state index in [0.717, 1.165) is 29.5 Å². The maximum absolute atomic E-state index is 11.0. The number of benzene rings is 1. The summed E-state index contributed by atoms with van der Waals surface area (Å²) < 4.78 is 0. The molecule has 18 heavy (non-hydrogen) atoms. The van der Waals surface area contributed by atoms with Crippen LogP contribution in [0, 0.1) is 29.9 Å². The van der Waals surface area contributed by atoms with Crippen LogP contribution in [0.25, 0.3) is 0 Å². The van der Waals surface area contributed by atoms with Gasteiger partial charge < -0.3 is 5.73 Å². The van der Waals surface area contributed by atoms with E-state index in [2.05, 4.69) is 13.8 Å². The first-order valence-electron chi connectivity index (χ1n) is 6.43. The molecule has 1 aromatic carbocycles. The average Bonchev–Trinajstić information content (AvgIpc) is 2.33. The molecule has 0 heterocycles. The van der Waals surface area contributed by atoms with Crippen LogP contribution in [0.15, 0.2) is 12.1 Å². The van der Waals surface area contributed by atoms with E-state index in [4.69, 9.17) is 5.73 Å². The number of nitro benzene ring substituents is 1. The molecule has 0 radical (unpaired) electrons. The van der Waals surface area contributed by atoms with Gasteiger partial charge in [-0.2, -0.15) is 0 Å². The molecule has 0 fully saturated rings. The Labute approximate surface area is 108 Å². The summed E-state index contributed by atoms with van der Waals surface area (Å²) in [4.78, 5) is 10.7. The van der Waals surface area contributed by atoms with Crippen LogP contribution in [0.3, 0.4) is 0 Å². The van der Waals surface area contributed by atoms with Crippen LogP contribution in [0.5, 0.6) is 0 Å². The molecule has 0 bridgehead atoms. The molecule has 0 amide bonds. The largest absolute Gasteiger partial charge is 0.324 e. The summed E-state index contributed by atoms with van der Waals surface area (Å²) in [6.45, 7) is 7.87. The Morgan fingerprint density at radius 1 is 1.28 bits per heavy atom. The molecule has 0 aliphatic carbocycles. The Hall–Kier alpha value is -1.42. The molecule has 0 aromatic heterocycles. The lowest BCUT2D eigenvalue weighted by Gasteiger charge is -2.22. The van der Waals surface area contributed by atoms with Crippen molar-refractivity contribution < 1.29 is 4.92 Å². The van der Waals surface area contributed by atoms with Gasteiger partial charge in [-0.25, -0.2) is 0 Å². The molecule has 4 heteroatoms. The van der Waals surface area contributed by atoms with Crippen LogP contribution in [0.2, 0.25) is 0 Å². The van der Waals surface area contributed by atoms with Gasteiger partial charge in [0.1, 0.15) is 0 Å². The first-order chi connectivity index (χ1) is 8.42. The number of hydrogen-bond donors (Lipinski definition) is 1. The van der Waals surface area contributed by atoms with Gasteiger partial charge in [-0.1, -0.05) is 32.8 Å². The van der Waals surface area contributed by atoms with Crippen molar-refractivity contribution in [3.8, 4) is 0 Å². The summed E-state index contributed by atoms with van der Waals surface area (Å²) in [5.41, 5.74) is 8.93. The Kier molecular flexibility index (Phi) is 4.84. The van der Waals surface area contributed by atoms with Gasteiger partial charge in [0.25, 0.3) is 5.69 Å². The van der Waals surface area contributed by atoms with E-state index in [1.54, 1.807) is 13.0 Å². The Morgan fingerprint density at radius 3 is 2.28 bits per heavy atom. The molecule has 0 saturated heterocycles. The average molecular weight is 250 g/mol. The molecule has 0 saturated carbocycles. The van der Waals surface area contributed by atoms with Crippen molar-refractivity contribution in [2.75, 3.05) is 0 Å². The predicted octanol–water partition coefficient (Wildman–Crippen LogP) is 3.65. The maximum Gasteiger partial charge on any atom is 0.272 e. The van der Waals surface area contributed by atoms with Crippen LogP contribution in [0.1, 0.15) is 49.4 Å². The van der Waals surface area contributed by atoms with E-state index < -0.39 is 0 Å². The van der Waals surface area contributed by atoms with E-state index in [1.807, 2.05) is 13.0 Å². The number of nitrogens with zero attached hydrogens (tertiary/aromatic N) is 1. The number of hydrogen-bond acceptors (Lipinski definition) is 3. The van der Waals surface area contributed by atoms with Crippen molar-refractivity contribution in [2.45, 2.75) is 46.6 Å². The topological polar surface area (TPSA) is 69.2 Å². The van der Waals surface area contributed by atoms with Gasteiger partial charge in [0.2, 0.25) is 0 Å². The Balaban J connectivity index is 3.22. The fourth-order valence-electron chi connectivity index (χ4n) is 2.32. The highest BCUT2D eigenvalue weighted by Gasteiger charge is 2.21. The summed E-state index contributed by atoms with van der Waals surface area (Å²) in [6.07, 6.45) is 1.97. The van der Waals surface area contributed by atoms with Crippen LogP contribution in [-0.4, -0.2) is 4.92 Å². The third kappa shape index (κ3) is 2.88. The van der Waals surface area contributed by atoms with Gasteiger partial charge in [0.05, 0.1) is 4.92 Å². The van der Waals surface area contributed by atoms with E-state index in [9.17, 15) is 10.1 Å². The second kappa shape index (κ2) is 5.96. The normalized spacial score (nSPS) is 12.8. The third-order valence-electron chi connectivity index (χ3n) is 3.80. The first kappa shape index (κ1) is 14.6. The Bertz CT molecular complexity index is 440. The van der Waals surface area contributed by atoms with Gasteiger partial charge in [0.15, 0.2) is 0 Å². The van der Waals surface area contributed by atoms with Gasteiger partial charge >= 0.3 is 0 Å². The summed E-state index contributed by atoms with van der Waals surface area (Å²) in [5.74, 6) is 0.367. The molecular formula is C14H22N2O2. The molecule has 1 unspecified atom stereocenters. The van der Waals surface area contributed by atoms with Gasteiger partial charge in [-0.05, 0) is 30.9 Å². The summed E-state index contributed by atoms with van der Waals surface area (Å²) in [5, 5.41) is 11.0. The van der Waals surface area contributed by atoms with Gasteiger partial charge in [0, 0.05) is 17.7 Å². The minimum absolute atomic E-state index is 0.127. The lowest BCUT2D eigenvalue weighted by molar-refractivity contribution is -0.385. The minimum atomic E-state index is -0.328. The summed E-state index contributed by atoms with van der Waals surface area (Å²) in [7, 11) is 0. The number of rotatable bonds is 5. The lowest BCUT2D eigenvalue weighted by Crippen LogP contribution is -2.20. The summed E-state index contributed by atoms with van der Waals surface area (Å²) in [6, 6.07) is 3.48. The van der Waals surface area contributed by atoms with Gasteiger partial charge in [-0.15, -0.1) is 0 Å². The predicted molar refractivity (Wildman–Crippen MR) is 73.6 cm³/mol. The Morgan fingerprint density at radius 2 is 1.83 bits per heavy atom. The van der Waals surface area contributed by atoms with E-state index in [0.29, 0.717) is 5.92 Å². The standard InChI is InChI=1S/C14H22N2O2/c1-5-11(6-2)14(15)12-7-9(3)10(4)13(8-12)16(17)18/h7-8,11,14H,5-6,15H2,1-4H3.